The largest absolute Gasteiger partial charge is 0.310 e. The molecule has 0 spiro atoms. The van der Waals surface area contributed by atoms with Gasteiger partial charge < -0.3 is 5.32 Å². The molecule has 5 nitrogen and oxygen atoms in total. The Morgan fingerprint density at radius 1 is 1.40 bits per heavy atom. The van der Waals surface area contributed by atoms with E-state index in [4.69, 9.17) is 0 Å². The van der Waals surface area contributed by atoms with Gasteiger partial charge in [0.2, 0.25) is 0 Å². The van der Waals surface area contributed by atoms with Gasteiger partial charge in [-0.05, 0) is 44.5 Å². The number of aryl methyl sites for hydroxylation is 3. The first kappa shape index (κ1) is 13.6. The fourth-order valence-corrected chi connectivity index (χ4v) is 3.10. The van der Waals surface area contributed by atoms with Crippen LogP contribution in [-0.4, -0.2) is 25.8 Å². The highest BCUT2D eigenvalue weighted by Gasteiger charge is 2.22. The lowest BCUT2D eigenvalue weighted by Crippen LogP contribution is -2.16. The zero-order valence-corrected chi connectivity index (χ0v) is 12.9. The third-order valence-corrected chi connectivity index (χ3v) is 4.48. The predicted octanol–water partition coefficient (Wildman–Crippen LogP) is 2.23. The van der Waals surface area contributed by atoms with Gasteiger partial charge in [0.1, 0.15) is 5.03 Å². The van der Waals surface area contributed by atoms with Gasteiger partial charge in [-0.3, -0.25) is 4.68 Å². The van der Waals surface area contributed by atoms with E-state index in [1.807, 2.05) is 24.7 Å². The molecule has 20 heavy (non-hydrogen) atoms. The maximum atomic E-state index is 4.53. The fraction of sp³-hybridized carbons (Fsp3) is 0.500. The molecular formula is C14H19N5S. The van der Waals surface area contributed by atoms with Gasteiger partial charge in [-0.15, -0.1) is 0 Å². The first-order chi connectivity index (χ1) is 9.63. The van der Waals surface area contributed by atoms with Gasteiger partial charge in [-0.2, -0.15) is 5.10 Å². The second kappa shape index (κ2) is 5.54. The van der Waals surface area contributed by atoms with Crippen LogP contribution < -0.4 is 5.32 Å². The summed E-state index contributed by atoms with van der Waals surface area (Å²) in [5, 5.41) is 9.99. The minimum atomic E-state index is 0.697. The van der Waals surface area contributed by atoms with Crippen molar-refractivity contribution >= 4 is 11.8 Å². The van der Waals surface area contributed by atoms with E-state index in [-0.39, 0.29) is 0 Å². The van der Waals surface area contributed by atoms with Crippen LogP contribution in [0.4, 0.5) is 0 Å². The van der Waals surface area contributed by atoms with Crippen LogP contribution in [0.15, 0.2) is 22.4 Å². The highest BCUT2D eigenvalue weighted by atomic mass is 32.2. The zero-order valence-electron chi connectivity index (χ0n) is 12.1. The standard InChI is InChI=1S/C14H19N5S/c1-9-6-7-15-14(17-9)20-13-12(8-16-11-4-5-11)10(2)18-19(13)3/h6-7,11,16H,4-5,8H2,1-3H3. The minimum Gasteiger partial charge on any atom is -0.310 e. The molecule has 106 valence electrons. The Hall–Kier alpha value is -1.40. The van der Waals surface area contributed by atoms with Crippen LogP contribution in [0.1, 0.15) is 29.8 Å². The molecule has 3 rings (SSSR count). The summed E-state index contributed by atoms with van der Waals surface area (Å²) >= 11 is 1.59. The summed E-state index contributed by atoms with van der Waals surface area (Å²) in [5.41, 5.74) is 3.32. The molecule has 1 aliphatic carbocycles. The molecule has 1 fully saturated rings. The number of rotatable bonds is 5. The maximum absolute atomic E-state index is 4.53. The molecule has 1 N–H and O–H groups in total. The van der Waals surface area contributed by atoms with Gasteiger partial charge in [0.15, 0.2) is 5.16 Å². The summed E-state index contributed by atoms with van der Waals surface area (Å²) in [4.78, 5) is 8.78. The first-order valence-electron chi connectivity index (χ1n) is 6.87. The number of nitrogens with one attached hydrogen (secondary N) is 1. The first-order valence-corrected chi connectivity index (χ1v) is 7.68. The third-order valence-electron chi connectivity index (χ3n) is 3.39. The summed E-state index contributed by atoms with van der Waals surface area (Å²) in [5.74, 6) is 0. The number of nitrogens with zero attached hydrogens (tertiary/aromatic N) is 4. The Kier molecular flexibility index (Phi) is 3.76. The predicted molar refractivity (Wildman–Crippen MR) is 78.7 cm³/mol. The fourth-order valence-electron chi connectivity index (χ4n) is 2.11. The molecule has 0 unspecified atom stereocenters. The quantitative estimate of drug-likeness (QED) is 0.855. The average Bonchev–Trinajstić information content (AvgIpc) is 3.17. The topological polar surface area (TPSA) is 55.6 Å². The van der Waals surface area contributed by atoms with Crippen molar-refractivity contribution in [2.45, 2.75) is 49.5 Å². The molecule has 1 aliphatic rings. The van der Waals surface area contributed by atoms with Crippen LogP contribution in [-0.2, 0) is 13.6 Å². The van der Waals surface area contributed by atoms with Crippen LogP contribution in [0.2, 0.25) is 0 Å². The lowest BCUT2D eigenvalue weighted by Gasteiger charge is -2.06. The summed E-state index contributed by atoms with van der Waals surface area (Å²) in [7, 11) is 1.98. The van der Waals surface area contributed by atoms with Crippen LogP contribution in [0, 0.1) is 13.8 Å². The number of aromatic nitrogens is 4. The number of hydrogen-bond acceptors (Lipinski definition) is 5. The second-order valence-corrected chi connectivity index (χ2v) is 6.19. The summed E-state index contributed by atoms with van der Waals surface area (Å²) < 4.78 is 1.93. The van der Waals surface area contributed by atoms with Crippen molar-refractivity contribution in [2.75, 3.05) is 0 Å². The van der Waals surface area contributed by atoms with Crippen molar-refractivity contribution in [2.24, 2.45) is 7.05 Å². The van der Waals surface area contributed by atoms with E-state index in [1.165, 1.54) is 18.4 Å². The molecule has 0 radical (unpaired) electrons. The molecule has 0 atom stereocenters. The zero-order chi connectivity index (χ0) is 14.1. The third kappa shape index (κ3) is 3.02. The van der Waals surface area contributed by atoms with E-state index < -0.39 is 0 Å². The smallest absolute Gasteiger partial charge is 0.194 e. The lowest BCUT2D eigenvalue weighted by molar-refractivity contribution is 0.657. The second-order valence-electron chi connectivity index (χ2n) is 5.23. The van der Waals surface area contributed by atoms with Gasteiger partial charge in [0, 0.05) is 37.1 Å². The molecular weight excluding hydrogens is 270 g/mol. The molecule has 0 aliphatic heterocycles. The molecule has 2 heterocycles. The molecule has 0 bridgehead atoms. The summed E-state index contributed by atoms with van der Waals surface area (Å²) in [6, 6.07) is 2.61. The Morgan fingerprint density at radius 3 is 2.90 bits per heavy atom. The monoisotopic (exact) mass is 289 g/mol. The van der Waals surface area contributed by atoms with Crippen molar-refractivity contribution in [3.8, 4) is 0 Å². The average molecular weight is 289 g/mol. The van der Waals surface area contributed by atoms with Crippen molar-refractivity contribution < 1.29 is 0 Å². The molecule has 2 aromatic rings. The summed E-state index contributed by atoms with van der Waals surface area (Å²) in [6.07, 6.45) is 4.39. The van der Waals surface area contributed by atoms with E-state index in [0.717, 1.165) is 28.1 Å². The van der Waals surface area contributed by atoms with Crippen LogP contribution in [0.25, 0.3) is 0 Å². The molecule has 0 amide bonds. The maximum Gasteiger partial charge on any atom is 0.194 e. The molecule has 0 aromatic carbocycles. The van der Waals surface area contributed by atoms with Crippen molar-refractivity contribution in [1.29, 1.82) is 0 Å². The lowest BCUT2D eigenvalue weighted by atomic mass is 10.2. The van der Waals surface area contributed by atoms with Gasteiger partial charge in [0.25, 0.3) is 0 Å². The van der Waals surface area contributed by atoms with E-state index in [0.29, 0.717) is 6.04 Å². The molecule has 0 saturated heterocycles. The van der Waals surface area contributed by atoms with Crippen LogP contribution in [0.5, 0.6) is 0 Å². The van der Waals surface area contributed by atoms with Crippen molar-refractivity contribution in [3.05, 3.63) is 29.2 Å². The number of hydrogen-bond donors (Lipinski definition) is 1. The molecule has 1 saturated carbocycles. The van der Waals surface area contributed by atoms with Gasteiger partial charge >= 0.3 is 0 Å². The Labute approximate surface area is 123 Å². The van der Waals surface area contributed by atoms with Crippen molar-refractivity contribution in [3.63, 3.8) is 0 Å². The van der Waals surface area contributed by atoms with Crippen LogP contribution >= 0.6 is 11.8 Å². The van der Waals surface area contributed by atoms with Crippen LogP contribution in [0.3, 0.4) is 0 Å². The normalized spacial score (nSPS) is 14.8. The van der Waals surface area contributed by atoms with E-state index >= 15 is 0 Å². The van der Waals surface area contributed by atoms with Gasteiger partial charge in [0.05, 0.1) is 5.69 Å². The highest BCUT2D eigenvalue weighted by Crippen LogP contribution is 2.30. The highest BCUT2D eigenvalue weighted by molar-refractivity contribution is 7.99. The van der Waals surface area contributed by atoms with E-state index in [9.17, 15) is 0 Å². The Bertz CT molecular complexity index is 618. The van der Waals surface area contributed by atoms with Crippen molar-refractivity contribution in [1.82, 2.24) is 25.1 Å². The minimum absolute atomic E-state index is 0.697. The molecule has 6 heteroatoms. The van der Waals surface area contributed by atoms with Gasteiger partial charge in [-0.1, -0.05) is 0 Å². The Balaban J connectivity index is 1.83. The Morgan fingerprint density at radius 2 is 2.20 bits per heavy atom. The van der Waals surface area contributed by atoms with Gasteiger partial charge in [-0.25, -0.2) is 9.97 Å². The SMILES string of the molecule is Cc1ccnc(Sc2c(CNC3CC3)c(C)nn2C)n1. The van der Waals surface area contributed by atoms with E-state index in [2.05, 4.69) is 27.3 Å². The summed E-state index contributed by atoms with van der Waals surface area (Å²) in [6.45, 7) is 4.92. The molecule has 2 aromatic heterocycles. The van der Waals surface area contributed by atoms with E-state index in [1.54, 1.807) is 18.0 Å².